The van der Waals surface area contributed by atoms with Crippen LogP contribution in [-0.2, 0) is 9.59 Å². The van der Waals surface area contributed by atoms with Gasteiger partial charge in [-0.3, -0.25) is 19.6 Å². The van der Waals surface area contributed by atoms with Crippen molar-refractivity contribution >= 4 is 45.9 Å². The number of nitrogens with zero attached hydrogens (tertiary/aromatic N) is 2. The lowest BCUT2D eigenvalue weighted by molar-refractivity contribution is -0.131. The zero-order valence-corrected chi connectivity index (χ0v) is 22.1. The zero-order chi connectivity index (χ0) is 28.3. The predicted molar refractivity (Wildman–Crippen MR) is 155 cm³/mol. The van der Waals surface area contributed by atoms with Gasteiger partial charge in [-0.1, -0.05) is 0 Å². The fourth-order valence-electron chi connectivity index (χ4n) is 4.47. The number of fused-ring (bicyclic) bond motifs is 1. The molecule has 3 aromatic carbocycles. The van der Waals surface area contributed by atoms with E-state index in [4.69, 9.17) is 10.5 Å². The third kappa shape index (κ3) is 5.40. The number of nitrogens with two attached hydrogens (primary N) is 1. The van der Waals surface area contributed by atoms with Gasteiger partial charge < -0.3 is 21.1 Å². The summed E-state index contributed by atoms with van der Waals surface area (Å²) >= 11 is 0. The van der Waals surface area contributed by atoms with Gasteiger partial charge in [0, 0.05) is 48.0 Å². The van der Waals surface area contributed by atoms with E-state index >= 15 is 0 Å². The van der Waals surface area contributed by atoms with Crippen LogP contribution >= 0.6 is 0 Å². The Balaban J connectivity index is 1.28. The zero-order valence-electron chi connectivity index (χ0n) is 22.1. The van der Waals surface area contributed by atoms with Crippen molar-refractivity contribution in [2.75, 3.05) is 17.7 Å². The van der Waals surface area contributed by atoms with E-state index in [-0.39, 0.29) is 5.91 Å². The molecule has 0 unspecified atom stereocenters. The summed E-state index contributed by atoms with van der Waals surface area (Å²) in [4.78, 5) is 34.4. The molecular formula is C31H28FN5O3. The van der Waals surface area contributed by atoms with Gasteiger partial charge in [-0.25, -0.2) is 4.39 Å². The number of carbonyl (C=O) groups is 2. The lowest BCUT2D eigenvalue weighted by atomic mass is 9.99. The van der Waals surface area contributed by atoms with E-state index in [1.807, 2.05) is 19.1 Å². The molecule has 0 aliphatic heterocycles. The van der Waals surface area contributed by atoms with Crippen molar-refractivity contribution in [3.63, 3.8) is 0 Å². The maximum Gasteiger partial charge on any atom is 0.240 e. The van der Waals surface area contributed by atoms with Crippen LogP contribution in [0.1, 0.15) is 24.0 Å². The minimum Gasteiger partial charge on any atom is -0.457 e. The smallest absolute Gasteiger partial charge is 0.240 e. The number of rotatable bonds is 8. The van der Waals surface area contributed by atoms with Crippen molar-refractivity contribution in [2.45, 2.75) is 19.8 Å². The van der Waals surface area contributed by atoms with Crippen molar-refractivity contribution in [1.82, 2.24) is 4.98 Å². The van der Waals surface area contributed by atoms with Crippen molar-refractivity contribution in [3.8, 4) is 11.5 Å². The molecule has 0 radical (unpaired) electrons. The molecule has 202 valence electrons. The Labute approximate surface area is 230 Å². The molecule has 1 fully saturated rings. The number of anilines is 2. The Kier molecular flexibility index (Phi) is 7.29. The standard InChI is InChI=1S/C31H28FN5O3/c1-19-15-26-27(16-25(19)20(17-33)18-34-2)35-14-11-28(26)40-24-9-7-23(8-10-24)37-30(39)31(12-13-31)29(38)36-22-5-3-21(32)4-6-22/h3-11,14-18H,12-13,33H2,1-2H3,(H,36,38)(H,37,39). The van der Waals surface area contributed by atoms with Gasteiger partial charge in [-0.2, -0.15) is 0 Å². The van der Waals surface area contributed by atoms with Gasteiger partial charge in [-0.05, 0) is 97.6 Å². The maximum atomic E-state index is 13.2. The van der Waals surface area contributed by atoms with E-state index in [0.717, 1.165) is 27.6 Å². The molecule has 40 heavy (non-hydrogen) atoms. The number of aliphatic imine (C=N–C) groups is 1. The molecular weight excluding hydrogens is 509 g/mol. The summed E-state index contributed by atoms with van der Waals surface area (Å²) in [6.45, 7) is 1.99. The van der Waals surface area contributed by atoms with Gasteiger partial charge in [0.05, 0.1) is 5.52 Å². The van der Waals surface area contributed by atoms with Crippen LogP contribution in [0.4, 0.5) is 15.8 Å². The van der Waals surface area contributed by atoms with Gasteiger partial charge in [0.1, 0.15) is 22.7 Å². The molecule has 1 aliphatic rings. The van der Waals surface area contributed by atoms with E-state index in [0.29, 0.717) is 35.7 Å². The second-order valence-corrected chi connectivity index (χ2v) is 9.63. The van der Waals surface area contributed by atoms with Gasteiger partial charge in [0.2, 0.25) is 11.8 Å². The monoisotopic (exact) mass is 537 g/mol. The SMILES string of the molecule is CN=CC(=CN)c1cc2nccc(Oc3ccc(NC(=O)C4(C(=O)Nc5ccc(F)cc5)CC4)cc3)c2cc1C. The van der Waals surface area contributed by atoms with Crippen LogP contribution in [0.5, 0.6) is 11.5 Å². The highest BCUT2D eigenvalue weighted by molar-refractivity contribution is 6.17. The molecule has 4 aromatic rings. The Bertz CT molecular complexity index is 1640. The molecule has 9 heteroatoms. The third-order valence-electron chi connectivity index (χ3n) is 6.87. The van der Waals surface area contributed by atoms with Crippen molar-refractivity contribution in [2.24, 2.45) is 16.1 Å². The largest absolute Gasteiger partial charge is 0.457 e. The fourth-order valence-corrected chi connectivity index (χ4v) is 4.47. The van der Waals surface area contributed by atoms with Crippen molar-refractivity contribution in [3.05, 3.63) is 96.1 Å². The number of aryl methyl sites for hydroxylation is 1. The molecule has 1 heterocycles. The van der Waals surface area contributed by atoms with Crippen molar-refractivity contribution < 1.29 is 18.7 Å². The molecule has 0 atom stereocenters. The van der Waals surface area contributed by atoms with E-state index in [2.05, 4.69) is 20.6 Å². The average molecular weight is 538 g/mol. The van der Waals surface area contributed by atoms with Gasteiger partial charge >= 0.3 is 0 Å². The second kappa shape index (κ2) is 11.0. The number of allylic oxidation sites excluding steroid dienone is 1. The third-order valence-corrected chi connectivity index (χ3v) is 6.87. The van der Waals surface area contributed by atoms with Crippen LogP contribution in [0.15, 0.2) is 84.1 Å². The van der Waals surface area contributed by atoms with E-state index in [1.54, 1.807) is 49.8 Å². The van der Waals surface area contributed by atoms with E-state index < -0.39 is 17.1 Å². The quantitative estimate of drug-likeness (QED) is 0.193. The first-order valence-electron chi connectivity index (χ1n) is 12.7. The van der Waals surface area contributed by atoms with Crippen LogP contribution in [0.25, 0.3) is 16.5 Å². The number of aromatic nitrogens is 1. The van der Waals surface area contributed by atoms with Gasteiger partial charge in [0.15, 0.2) is 0 Å². The molecule has 4 N–H and O–H groups in total. The lowest BCUT2D eigenvalue weighted by Gasteiger charge is -2.16. The number of amides is 2. The molecule has 1 saturated carbocycles. The topological polar surface area (TPSA) is 119 Å². The van der Waals surface area contributed by atoms with Crippen LogP contribution in [-0.4, -0.2) is 30.1 Å². The van der Waals surface area contributed by atoms with Crippen LogP contribution < -0.4 is 21.1 Å². The Morgan fingerprint density at radius 2 is 1.62 bits per heavy atom. The summed E-state index contributed by atoms with van der Waals surface area (Å²) in [5.41, 5.74) is 9.12. The Morgan fingerprint density at radius 1 is 1.00 bits per heavy atom. The minimum absolute atomic E-state index is 0.383. The highest BCUT2D eigenvalue weighted by Crippen LogP contribution is 2.47. The Morgan fingerprint density at radius 3 is 2.20 bits per heavy atom. The average Bonchev–Trinajstić information content (AvgIpc) is 3.77. The first kappa shape index (κ1) is 26.6. The number of hydrogen-bond acceptors (Lipinski definition) is 6. The van der Waals surface area contributed by atoms with Crippen LogP contribution in [0.3, 0.4) is 0 Å². The molecule has 1 aromatic heterocycles. The Hall–Kier alpha value is -5.05. The van der Waals surface area contributed by atoms with E-state index in [9.17, 15) is 14.0 Å². The second-order valence-electron chi connectivity index (χ2n) is 9.63. The number of halogens is 1. The summed E-state index contributed by atoms with van der Waals surface area (Å²) in [6.07, 6.45) is 5.79. The predicted octanol–water partition coefficient (Wildman–Crippen LogP) is 5.83. The number of nitrogens with one attached hydrogen (secondary N) is 2. The maximum absolute atomic E-state index is 13.2. The van der Waals surface area contributed by atoms with Crippen molar-refractivity contribution in [1.29, 1.82) is 0 Å². The number of pyridine rings is 1. The fraction of sp³-hybridized carbons (Fsp3) is 0.161. The van der Waals surface area contributed by atoms with Crippen LogP contribution in [0, 0.1) is 18.2 Å². The number of hydrogen-bond donors (Lipinski definition) is 3. The number of benzene rings is 3. The lowest BCUT2D eigenvalue weighted by Crippen LogP contribution is -2.35. The summed E-state index contributed by atoms with van der Waals surface area (Å²) < 4.78 is 19.3. The van der Waals surface area contributed by atoms with Gasteiger partial charge in [-0.15, -0.1) is 0 Å². The number of carbonyl (C=O) groups excluding carboxylic acids is 2. The first-order chi connectivity index (χ1) is 19.3. The molecule has 0 bridgehead atoms. The number of ether oxygens (including phenoxy) is 1. The summed E-state index contributed by atoms with van der Waals surface area (Å²) in [7, 11) is 1.69. The molecule has 0 saturated heterocycles. The summed E-state index contributed by atoms with van der Waals surface area (Å²) in [5, 5.41) is 6.38. The molecule has 5 rings (SSSR count). The summed E-state index contributed by atoms with van der Waals surface area (Å²) in [6, 6.07) is 18.1. The minimum atomic E-state index is -1.14. The molecule has 8 nitrogen and oxygen atoms in total. The molecule has 0 spiro atoms. The van der Waals surface area contributed by atoms with Crippen LogP contribution in [0.2, 0.25) is 0 Å². The highest BCUT2D eigenvalue weighted by atomic mass is 19.1. The summed E-state index contributed by atoms with van der Waals surface area (Å²) in [5.74, 6) is 0.0141. The highest BCUT2D eigenvalue weighted by Gasteiger charge is 2.56. The molecule has 1 aliphatic carbocycles. The molecule has 2 amide bonds. The first-order valence-corrected chi connectivity index (χ1v) is 12.7. The van der Waals surface area contributed by atoms with Gasteiger partial charge in [0.25, 0.3) is 0 Å². The normalized spacial score (nSPS) is 14.2. The van der Waals surface area contributed by atoms with E-state index in [1.165, 1.54) is 30.5 Å².